The number of esters is 3. The molecule has 0 amide bonds. The minimum atomic E-state index is -1.16. The molecule has 9 heteroatoms. The second kappa shape index (κ2) is 11.6. The van der Waals surface area contributed by atoms with Crippen LogP contribution in [-0.2, 0) is 18.9 Å². The largest absolute Gasteiger partial charge is 0.459 e. The molecule has 1 aliphatic rings. The van der Waals surface area contributed by atoms with Crippen molar-refractivity contribution in [2.45, 2.75) is 24.4 Å². The lowest BCUT2D eigenvalue weighted by atomic mass is 10.1. The maximum Gasteiger partial charge on any atom is 0.338 e. The fraction of sp³-hybridized carbons (Fsp3) is 0.185. The van der Waals surface area contributed by atoms with Crippen LogP contribution in [0.5, 0.6) is 0 Å². The predicted octanol–water partition coefficient (Wildman–Crippen LogP) is 3.35. The van der Waals surface area contributed by atoms with Gasteiger partial charge in [0.05, 0.1) is 16.7 Å². The van der Waals surface area contributed by atoms with Crippen molar-refractivity contribution < 1.29 is 33.3 Å². The molecule has 36 heavy (non-hydrogen) atoms. The standard InChI is InChI=1S/C27H23NO7S/c28-24(36)23-22(35-27(31)19-14-8-3-9-15-19)21(34-26(30)18-12-6-2-7-13-18)20(33-23)16-32-25(29)17-10-4-1-5-11-17/h1-15,20-23H,16H2,(H2,28,36). The smallest absolute Gasteiger partial charge is 0.338 e. The highest BCUT2D eigenvalue weighted by molar-refractivity contribution is 7.80. The van der Waals surface area contributed by atoms with Gasteiger partial charge < -0.3 is 24.7 Å². The first-order valence-electron chi connectivity index (χ1n) is 11.1. The van der Waals surface area contributed by atoms with Gasteiger partial charge in [0, 0.05) is 0 Å². The maximum atomic E-state index is 12.9. The van der Waals surface area contributed by atoms with E-state index in [0.717, 1.165) is 0 Å². The minimum absolute atomic E-state index is 0.0986. The molecule has 4 atom stereocenters. The van der Waals surface area contributed by atoms with Crippen molar-refractivity contribution in [1.82, 2.24) is 0 Å². The Labute approximate surface area is 212 Å². The van der Waals surface area contributed by atoms with Crippen molar-refractivity contribution in [3.8, 4) is 0 Å². The van der Waals surface area contributed by atoms with Crippen molar-refractivity contribution in [1.29, 1.82) is 0 Å². The predicted molar refractivity (Wildman–Crippen MR) is 133 cm³/mol. The third-order valence-electron chi connectivity index (χ3n) is 5.48. The third-order valence-corrected chi connectivity index (χ3v) is 5.72. The highest BCUT2D eigenvalue weighted by Crippen LogP contribution is 2.29. The molecule has 4 rings (SSSR count). The molecule has 8 nitrogen and oxygen atoms in total. The lowest BCUT2D eigenvalue weighted by molar-refractivity contribution is -0.0436. The average molecular weight is 506 g/mol. The highest BCUT2D eigenvalue weighted by Gasteiger charge is 2.51. The van der Waals surface area contributed by atoms with Crippen molar-refractivity contribution in [2.24, 2.45) is 5.73 Å². The lowest BCUT2D eigenvalue weighted by Gasteiger charge is -2.24. The molecule has 184 valence electrons. The summed E-state index contributed by atoms with van der Waals surface area (Å²) in [5.41, 5.74) is 6.79. The Morgan fingerprint density at radius 3 is 1.56 bits per heavy atom. The summed E-state index contributed by atoms with van der Waals surface area (Å²) >= 11 is 5.14. The number of thiocarbonyl (C=S) groups is 1. The first-order valence-corrected chi connectivity index (χ1v) is 11.5. The van der Waals surface area contributed by atoms with Crippen LogP contribution in [0.3, 0.4) is 0 Å². The summed E-state index contributed by atoms with van der Waals surface area (Å²) in [6, 6.07) is 25.0. The Hall–Kier alpha value is -4.08. The van der Waals surface area contributed by atoms with Gasteiger partial charge in [0.1, 0.15) is 23.8 Å². The molecule has 1 fully saturated rings. The summed E-state index contributed by atoms with van der Waals surface area (Å²) in [5, 5.41) is 0. The van der Waals surface area contributed by atoms with Crippen molar-refractivity contribution in [3.63, 3.8) is 0 Å². The second-order valence-corrected chi connectivity index (χ2v) is 8.41. The Balaban J connectivity index is 1.58. The minimum Gasteiger partial charge on any atom is -0.459 e. The topological polar surface area (TPSA) is 114 Å². The van der Waals surface area contributed by atoms with Gasteiger partial charge in [0.25, 0.3) is 0 Å². The van der Waals surface area contributed by atoms with E-state index in [4.69, 9.17) is 36.9 Å². The highest BCUT2D eigenvalue weighted by atomic mass is 32.1. The van der Waals surface area contributed by atoms with Crippen molar-refractivity contribution in [3.05, 3.63) is 108 Å². The zero-order chi connectivity index (χ0) is 25.5. The van der Waals surface area contributed by atoms with Gasteiger partial charge in [-0.2, -0.15) is 0 Å². The number of nitrogens with two attached hydrogens (primary N) is 1. The molecule has 0 spiro atoms. The van der Waals surface area contributed by atoms with Gasteiger partial charge in [-0.1, -0.05) is 66.8 Å². The summed E-state index contributed by atoms with van der Waals surface area (Å²) < 4.78 is 22.7. The van der Waals surface area contributed by atoms with Crippen LogP contribution in [0.4, 0.5) is 0 Å². The Kier molecular flexibility index (Phi) is 8.04. The van der Waals surface area contributed by atoms with E-state index < -0.39 is 42.3 Å². The van der Waals surface area contributed by atoms with E-state index in [0.29, 0.717) is 5.56 Å². The molecule has 0 aliphatic carbocycles. The molecule has 0 aromatic heterocycles. The van der Waals surface area contributed by atoms with Gasteiger partial charge in [-0.25, -0.2) is 14.4 Å². The van der Waals surface area contributed by atoms with E-state index in [9.17, 15) is 14.4 Å². The molecule has 0 bridgehead atoms. The molecular formula is C27H23NO7S. The van der Waals surface area contributed by atoms with Crippen LogP contribution in [0.25, 0.3) is 0 Å². The van der Waals surface area contributed by atoms with Gasteiger partial charge in [0.15, 0.2) is 12.2 Å². The number of carbonyl (C=O) groups excluding carboxylic acids is 3. The SMILES string of the molecule is NC(=S)C1OC(COC(=O)c2ccccc2)C(OC(=O)c2ccccc2)C1OC(=O)c1ccccc1. The number of hydrogen-bond acceptors (Lipinski definition) is 8. The van der Waals surface area contributed by atoms with E-state index in [1.165, 1.54) is 0 Å². The van der Waals surface area contributed by atoms with Gasteiger partial charge in [0.2, 0.25) is 0 Å². The molecule has 1 heterocycles. The summed E-state index contributed by atoms with van der Waals surface area (Å²) in [6.45, 7) is -0.293. The van der Waals surface area contributed by atoms with E-state index in [1.54, 1.807) is 91.0 Å². The lowest BCUT2D eigenvalue weighted by Crippen LogP contribution is -2.44. The second-order valence-electron chi connectivity index (χ2n) is 7.93. The van der Waals surface area contributed by atoms with Crippen LogP contribution >= 0.6 is 12.2 Å². The third kappa shape index (κ3) is 5.94. The molecule has 4 unspecified atom stereocenters. The molecule has 3 aromatic carbocycles. The Bertz CT molecular complexity index is 1220. The first-order chi connectivity index (χ1) is 17.4. The molecule has 2 N–H and O–H groups in total. The summed E-state index contributed by atoms with van der Waals surface area (Å²) in [6.07, 6.45) is -4.38. The zero-order valence-electron chi connectivity index (χ0n) is 19.0. The molecule has 1 saturated heterocycles. The molecular weight excluding hydrogens is 482 g/mol. The van der Waals surface area contributed by atoms with Crippen LogP contribution in [0.2, 0.25) is 0 Å². The van der Waals surface area contributed by atoms with Crippen LogP contribution in [-0.4, -0.2) is 53.9 Å². The summed E-state index contributed by atoms with van der Waals surface area (Å²) in [5.74, 6) is -1.94. The number of benzene rings is 3. The molecule has 0 radical (unpaired) electrons. The summed E-state index contributed by atoms with van der Waals surface area (Å²) in [7, 11) is 0. The van der Waals surface area contributed by atoms with Crippen molar-refractivity contribution >= 4 is 35.1 Å². The van der Waals surface area contributed by atoms with Gasteiger partial charge in [-0.3, -0.25) is 0 Å². The monoisotopic (exact) mass is 505 g/mol. The number of hydrogen-bond donors (Lipinski definition) is 1. The van der Waals surface area contributed by atoms with E-state index in [2.05, 4.69) is 0 Å². The molecule has 1 aliphatic heterocycles. The Morgan fingerprint density at radius 1 is 0.694 bits per heavy atom. The maximum absolute atomic E-state index is 12.9. The summed E-state index contributed by atoms with van der Waals surface area (Å²) in [4.78, 5) is 38.1. The average Bonchev–Trinajstić information content (AvgIpc) is 3.25. The van der Waals surface area contributed by atoms with Gasteiger partial charge in [-0.15, -0.1) is 0 Å². The number of rotatable bonds is 8. The van der Waals surface area contributed by atoms with E-state index in [1.807, 2.05) is 0 Å². The molecule has 0 saturated carbocycles. The Morgan fingerprint density at radius 2 is 1.11 bits per heavy atom. The van der Waals surface area contributed by atoms with Crippen LogP contribution in [0.1, 0.15) is 31.1 Å². The number of ether oxygens (including phenoxy) is 4. The van der Waals surface area contributed by atoms with Crippen molar-refractivity contribution in [2.75, 3.05) is 6.61 Å². The van der Waals surface area contributed by atoms with Gasteiger partial charge >= 0.3 is 17.9 Å². The quantitative estimate of drug-likeness (QED) is 0.280. The first kappa shape index (κ1) is 25.0. The van der Waals surface area contributed by atoms with Crippen LogP contribution < -0.4 is 5.73 Å². The van der Waals surface area contributed by atoms with E-state index >= 15 is 0 Å². The van der Waals surface area contributed by atoms with Gasteiger partial charge in [-0.05, 0) is 36.4 Å². The fourth-order valence-electron chi connectivity index (χ4n) is 3.71. The number of carbonyl (C=O) groups is 3. The fourth-order valence-corrected chi connectivity index (χ4v) is 3.90. The van der Waals surface area contributed by atoms with Crippen LogP contribution in [0, 0.1) is 0 Å². The molecule has 3 aromatic rings. The zero-order valence-corrected chi connectivity index (χ0v) is 19.8. The van der Waals surface area contributed by atoms with Crippen LogP contribution in [0.15, 0.2) is 91.0 Å². The normalized spacial score (nSPS) is 20.8. The van der Waals surface area contributed by atoms with E-state index in [-0.39, 0.29) is 22.7 Å².